The number of benzene rings is 2. The number of rotatable bonds is 5. The van der Waals surface area contributed by atoms with Crippen molar-refractivity contribution < 1.29 is 13.2 Å². The van der Waals surface area contributed by atoms with Crippen LogP contribution in [-0.4, -0.2) is 72.2 Å². The van der Waals surface area contributed by atoms with Gasteiger partial charge in [-0.1, -0.05) is 24.3 Å². The highest BCUT2D eigenvalue weighted by Crippen LogP contribution is 2.28. The maximum absolute atomic E-state index is 12.8. The molecule has 1 aliphatic rings. The number of aromatic nitrogens is 3. The molecule has 1 N–H and O–H groups in total. The standard InChI is InChI=1S/C25H26N6O3S/c1-29-12-13-30(2)24(32)23(29)18-7-4-8-19(14-18)27-25-26-16-20-10-11-22(31(20)28-25)17-6-5-9-21(15-17)35(3,33)34/h4-11,14-16,23H,12-13H2,1-3H3,(H,27,28). The van der Waals surface area contributed by atoms with Crippen molar-refractivity contribution >= 4 is 32.9 Å². The number of amides is 1. The summed E-state index contributed by atoms with van der Waals surface area (Å²) in [6.07, 6.45) is 2.90. The predicted molar refractivity (Wildman–Crippen MR) is 134 cm³/mol. The lowest BCUT2D eigenvalue weighted by molar-refractivity contribution is -0.139. The molecule has 3 heterocycles. The Kier molecular flexibility index (Phi) is 5.78. The van der Waals surface area contributed by atoms with Crippen LogP contribution < -0.4 is 5.32 Å². The summed E-state index contributed by atoms with van der Waals surface area (Å²) in [5, 5.41) is 7.88. The normalized spacial score (nSPS) is 17.2. The van der Waals surface area contributed by atoms with Crippen LogP contribution in [0.2, 0.25) is 0 Å². The smallest absolute Gasteiger partial charge is 0.245 e. The van der Waals surface area contributed by atoms with E-state index in [1.807, 2.05) is 56.6 Å². The third-order valence-electron chi connectivity index (χ3n) is 6.25. The molecule has 180 valence electrons. The van der Waals surface area contributed by atoms with Gasteiger partial charge in [0.15, 0.2) is 9.84 Å². The fourth-order valence-electron chi connectivity index (χ4n) is 4.32. The second-order valence-corrected chi connectivity index (χ2v) is 10.8. The van der Waals surface area contributed by atoms with E-state index in [4.69, 9.17) is 0 Å². The summed E-state index contributed by atoms with van der Waals surface area (Å²) in [7, 11) is 0.456. The van der Waals surface area contributed by atoms with Gasteiger partial charge in [0.2, 0.25) is 11.9 Å². The van der Waals surface area contributed by atoms with Crippen molar-refractivity contribution in [1.29, 1.82) is 0 Å². The summed E-state index contributed by atoms with van der Waals surface area (Å²) >= 11 is 0. The number of hydrogen-bond donors (Lipinski definition) is 1. The van der Waals surface area contributed by atoms with Crippen LogP contribution in [0.5, 0.6) is 0 Å². The number of sulfone groups is 1. The van der Waals surface area contributed by atoms with E-state index in [2.05, 4.69) is 20.3 Å². The van der Waals surface area contributed by atoms with E-state index in [1.165, 1.54) is 6.26 Å². The first-order valence-electron chi connectivity index (χ1n) is 11.2. The van der Waals surface area contributed by atoms with E-state index in [-0.39, 0.29) is 16.8 Å². The molecule has 0 radical (unpaired) electrons. The molecule has 1 saturated heterocycles. The van der Waals surface area contributed by atoms with Gasteiger partial charge < -0.3 is 10.2 Å². The molecule has 10 heteroatoms. The number of hydrogen-bond acceptors (Lipinski definition) is 7. The van der Waals surface area contributed by atoms with Gasteiger partial charge in [0.1, 0.15) is 6.04 Å². The van der Waals surface area contributed by atoms with Crippen LogP contribution in [0.1, 0.15) is 11.6 Å². The lowest BCUT2D eigenvalue weighted by Crippen LogP contribution is -2.48. The Hall–Kier alpha value is -3.76. The highest BCUT2D eigenvalue weighted by molar-refractivity contribution is 7.90. The number of nitrogens with zero attached hydrogens (tertiary/aromatic N) is 5. The Morgan fingerprint density at radius 3 is 2.60 bits per heavy atom. The Labute approximate surface area is 203 Å². The Bertz CT molecular complexity index is 1530. The van der Waals surface area contributed by atoms with Gasteiger partial charge in [0, 0.05) is 37.6 Å². The van der Waals surface area contributed by atoms with Crippen LogP contribution in [-0.2, 0) is 14.6 Å². The minimum absolute atomic E-state index is 0.0712. The van der Waals surface area contributed by atoms with E-state index in [9.17, 15) is 13.2 Å². The lowest BCUT2D eigenvalue weighted by atomic mass is 10.0. The van der Waals surface area contributed by atoms with Gasteiger partial charge in [0.05, 0.1) is 22.3 Å². The highest BCUT2D eigenvalue weighted by Gasteiger charge is 2.32. The summed E-state index contributed by atoms with van der Waals surface area (Å²) in [6.45, 7) is 1.52. The third-order valence-corrected chi connectivity index (χ3v) is 7.36. The summed E-state index contributed by atoms with van der Waals surface area (Å²) in [6, 6.07) is 17.9. The van der Waals surface area contributed by atoms with Crippen LogP contribution in [0, 0.1) is 0 Å². The van der Waals surface area contributed by atoms with Crippen molar-refractivity contribution in [2.75, 3.05) is 38.8 Å². The molecule has 4 aromatic rings. The first-order chi connectivity index (χ1) is 16.7. The minimum atomic E-state index is -3.33. The van der Waals surface area contributed by atoms with Crippen LogP contribution in [0.25, 0.3) is 16.8 Å². The molecular formula is C25H26N6O3S. The molecule has 0 bridgehead atoms. The molecule has 9 nitrogen and oxygen atoms in total. The van der Waals surface area contributed by atoms with E-state index in [0.717, 1.165) is 34.6 Å². The molecule has 0 spiro atoms. The molecule has 1 fully saturated rings. The summed E-state index contributed by atoms with van der Waals surface area (Å²) in [4.78, 5) is 21.3. The van der Waals surface area contributed by atoms with Gasteiger partial charge in [0.25, 0.3) is 0 Å². The van der Waals surface area contributed by atoms with Crippen molar-refractivity contribution in [2.45, 2.75) is 10.9 Å². The highest BCUT2D eigenvalue weighted by atomic mass is 32.2. The molecule has 0 saturated carbocycles. The van der Waals surface area contributed by atoms with Gasteiger partial charge in [-0.2, -0.15) is 0 Å². The fourth-order valence-corrected chi connectivity index (χ4v) is 4.99. The average molecular weight is 491 g/mol. The number of carbonyl (C=O) groups excluding carboxylic acids is 1. The number of carbonyl (C=O) groups is 1. The number of piperazine rings is 1. The summed E-state index contributed by atoms with van der Waals surface area (Å²) < 4.78 is 25.7. The van der Waals surface area contributed by atoms with Crippen LogP contribution in [0.3, 0.4) is 0 Å². The van der Waals surface area contributed by atoms with Gasteiger partial charge in [-0.05, 0) is 49.0 Å². The molecule has 5 rings (SSSR count). The van der Waals surface area contributed by atoms with E-state index in [1.54, 1.807) is 33.8 Å². The molecule has 2 aromatic carbocycles. The zero-order valence-electron chi connectivity index (χ0n) is 19.7. The zero-order valence-corrected chi connectivity index (χ0v) is 20.5. The molecule has 35 heavy (non-hydrogen) atoms. The first-order valence-corrected chi connectivity index (χ1v) is 13.1. The van der Waals surface area contributed by atoms with Crippen molar-refractivity contribution in [3.05, 3.63) is 72.4 Å². The summed E-state index contributed by atoms with van der Waals surface area (Å²) in [5.74, 6) is 0.452. The molecule has 1 atom stereocenters. The summed E-state index contributed by atoms with van der Waals surface area (Å²) in [5.41, 5.74) is 3.93. The zero-order chi connectivity index (χ0) is 24.7. The Balaban J connectivity index is 1.47. The lowest BCUT2D eigenvalue weighted by Gasteiger charge is -2.37. The predicted octanol–water partition coefficient (Wildman–Crippen LogP) is 2.99. The minimum Gasteiger partial charge on any atom is -0.343 e. The molecule has 1 aliphatic heterocycles. The first kappa shape index (κ1) is 23.0. The van der Waals surface area contributed by atoms with Crippen molar-refractivity contribution in [2.24, 2.45) is 0 Å². The Morgan fingerprint density at radius 2 is 1.80 bits per heavy atom. The maximum atomic E-state index is 12.8. The molecular weight excluding hydrogens is 464 g/mol. The largest absolute Gasteiger partial charge is 0.343 e. The van der Waals surface area contributed by atoms with Gasteiger partial charge in [-0.3, -0.25) is 9.69 Å². The van der Waals surface area contributed by atoms with Gasteiger partial charge in [-0.25, -0.2) is 17.9 Å². The van der Waals surface area contributed by atoms with E-state index in [0.29, 0.717) is 12.5 Å². The monoisotopic (exact) mass is 490 g/mol. The van der Waals surface area contributed by atoms with E-state index < -0.39 is 9.84 Å². The number of anilines is 2. The fraction of sp³-hybridized carbons (Fsp3) is 0.240. The molecule has 1 unspecified atom stereocenters. The van der Waals surface area contributed by atoms with E-state index >= 15 is 0 Å². The SMILES string of the molecule is CN1CCN(C)C(c2cccc(Nc3ncc4ccc(-c5cccc(S(C)(=O)=O)c5)n4n3)c2)C1=O. The second-order valence-electron chi connectivity index (χ2n) is 8.83. The number of fused-ring (bicyclic) bond motifs is 1. The third kappa shape index (κ3) is 4.50. The van der Waals surface area contributed by atoms with Crippen LogP contribution in [0.4, 0.5) is 11.6 Å². The van der Waals surface area contributed by atoms with Crippen molar-refractivity contribution in [1.82, 2.24) is 24.4 Å². The van der Waals surface area contributed by atoms with Crippen molar-refractivity contribution in [3.63, 3.8) is 0 Å². The van der Waals surface area contributed by atoms with Crippen LogP contribution in [0.15, 0.2) is 71.8 Å². The second kappa shape index (κ2) is 8.79. The van der Waals surface area contributed by atoms with Crippen molar-refractivity contribution in [3.8, 4) is 11.3 Å². The number of likely N-dealkylation sites (N-methyl/N-ethyl adjacent to an activating group) is 2. The molecule has 2 aromatic heterocycles. The maximum Gasteiger partial charge on any atom is 0.245 e. The number of nitrogens with one attached hydrogen (secondary N) is 1. The van der Waals surface area contributed by atoms with Crippen LogP contribution >= 0.6 is 0 Å². The topological polar surface area (TPSA) is 99.9 Å². The Morgan fingerprint density at radius 1 is 1.00 bits per heavy atom. The molecule has 0 aliphatic carbocycles. The molecule has 1 amide bonds. The van der Waals surface area contributed by atoms with Gasteiger partial charge in [-0.15, -0.1) is 5.10 Å². The average Bonchev–Trinajstić information content (AvgIpc) is 3.25. The van der Waals surface area contributed by atoms with Gasteiger partial charge >= 0.3 is 0 Å². The quantitative estimate of drug-likeness (QED) is 0.459.